The van der Waals surface area contributed by atoms with E-state index >= 15 is 0 Å². The van der Waals surface area contributed by atoms with E-state index in [0.29, 0.717) is 25.7 Å². The number of terminal acetylenes is 2. The average Bonchev–Trinajstić information content (AvgIpc) is 3.43. The van der Waals surface area contributed by atoms with E-state index in [-0.39, 0.29) is 78.3 Å². The summed E-state index contributed by atoms with van der Waals surface area (Å²) in [6, 6.07) is 8.18. The van der Waals surface area contributed by atoms with Crippen LogP contribution in [0, 0.1) is 48.4 Å². The Bertz CT molecular complexity index is 1670. The molecule has 2 aromatic carbocycles. The number of carbonyl (C=O) groups is 6. The molecule has 2 N–H and O–H groups in total. The van der Waals surface area contributed by atoms with Crippen LogP contribution in [-0.2, 0) is 19.2 Å². The molecule has 0 radical (unpaired) electrons. The van der Waals surface area contributed by atoms with Gasteiger partial charge in [0, 0.05) is 32.1 Å². The van der Waals surface area contributed by atoms with E-state index in [1.165, 1.54) is 36.4 Å². The van der Waals surface area contributed by atoms with E-state index in [4.69, 9.17) is 12.8 Å². The number of carbonyl (C=O) groups excluding carboxylic acids is 4. The van der Waals surface area contributed by atoms with E-state index in [0.717, 1.165) is 9.80 Å². The summed E-state index contributed by atoms with van der Waals surface area (Å²) in [5, 5.41) is 19.3. The molecule has 12 heteroatoms. The van der Waals surface area contributed by atoms with Crippen LogP contribution in [0.25, 0.3) is 0 Å². The van der Waals surface area contributed by atoms with Gasteiger partial charge in [0.1, 0.15) is 0 Å². The van der Waals surface area contributed by atoms with Gasteiger partial charge in [-0.25, -0.2) is 19.4 Å². The van der Waals surface area contributed by atoms with Gasteiger partial charge in [-0.2, -0.15) is 23.5 Å². The van der Waals surface area contributed by atoms with Crippen molar-refractivity contribution in [3.63, 3.8) is 0 Å². The Kier molecular flexibility index (Phi) is 7.26. The number of fused-ring (bicyclic) bond motifs is 4. The minimum absolute atomic E-state index is 0.0566. The number of rotatable bonds is 4. The molecule has 5 fully saturated rings. The molecule has 0 spiro atoms. The van der Waals surface area contributed by atoms with Crippen LogP contribution in [-0.4, -0.2) is 66.8 Å². The quantitative estimate of drug-likeness (QED) is 0.371. The number of anilines is 2. The zero-order valence-electron chi connectivity index (χ0n) is 24.1. The molecular weight excluding hydrogens is 629 g/mol. The number of hydrogen-bond donors (Lipinski definition) is 2. The number of carboxylic acids is 2. The zero-order valence-corrected chi connectivity index (χ0v) is 25.8. The van der Waals surface area contributed by atoms with Crippen LogP contribution in [0.5, 0.6) is 0 Å². The zero-order chi connectivity index (χ0) is 32.6. The number of carboxylic acid groups (broad SMARTS) is 2. The second-order valence-electron chi connectivity index (χ2n) is 12.3. The Balaban J connectivity index is 1.10. The molecule has 3 heterocycles. The molecule has 232 valence electrons. The van der Waals surface area contributed by atoms with E-state index in [2.05, 4.69) is 11.8 Å². The van der Waals surface area contributed by atoms with Crippen molar-refractivity contribution in [1.82, 2.24) is 0 Å². The lowest BCUT2D eigenvalue weighted by Gasteiger charge is -2.48. The molecule has 8 atom stereocenters. The van der Waals surface area contributed by atoms with E-state index in [1.54, 1.807) is 23.5 Å². The fourth-order valence-corrected chi connectivity index (χ4v) is 11.7. The normalized spacial score (nSPS) is 31.3. The molecule has 10 nitrogen and oxygen atoms in total. The first kappa shape index (κ1) is 30.2. The minimum atomic E-state index is -1.22. The molecule has 0 bridgehead atoms. The summed E-state index contributed by atoms with van der Waals surface area (Å²) in [4.78, 5) is 80.1. The van der Waals surface area contributed by atoms with Crippen molar-refractivity contribution in [1.29, 1.82) is 0 Å². The summed E-state index contributed by atoms with van der Waals surface area (Å²) < 4.78 is 0. The summed E-state index contributed by atoms with van der Waals surface area (Å²) in [6.45, 7) is 0. The van der Waals surface area contributed by atoms with Crippen LogP contribution < -0.4 is 9.80 Å². The standard InChI is InChI=1S/C34H26N2O8S2/c1-3-15-5-17(33(41)42)9-19(7-15)35-29(37)21-11-25-26(12-22(21)30(35)38)46-28-14-24-23(13-27(28)45-25)31(39)36(32(24)40)20-8-16(4-2)6-18(10-20)34(43)44/h1-2,5-10,21-28H,11-14H2,(H,41,42)(H,43,44). The van der Waals surface area contributed by atoms with Gasteiger partial charge in [-0.05, 0) is 62.1 Å². The highest BCUT2D eigenvalue weighted by Crippen LogP contribution is 2.58. The van der Waals surface area contributed by atoms with E-state index in [9.17, 15) is 39.0 Å². The Morgan fingerprint density at radius 2 is 0.891 bits per heavy atom. The molecule has 3 aliphatic heterocycles. The third-order valence-electron chi connectivity index (χ3n) is 9.77. The average molecular weight is 655 g/mol. The van der Waals surface area contributed by atoms with Crippen LogP contribution in [0.3, 0.4) is 0 Å². The highest BCUT2D eigenvalue weighted by atomic mass is 32.2. The van der Waals surface area contributed by atoms with Crippen molar-refractivity contribution < 1.29 is 39.0 Å². The SMILES string of the molecule is C#Cc1cc(C(=O)O)cc(N2C(=O)C3CC4SC5CC6C(=O)N(c7cc(C#C)cc(C(=O)O)c7)C(=O)C6CC5SC4CC3C2=O)c1. The van der Waals surface area contributed by atoms with Crippen LogP contribution in [0.4, 0.5) is 11.4 Å². The van der Waals surface area contributed by atoms with Crippen molar-refractivity contribution in [2.75, 3.05) is 9.80 Å². The predicted octanol–water partition coefficient (Wildman–Crippen LogP) is 3.50. The summed E-state index contributed by atoms with van der Waals surface area (Å²) >= 11 is 3.46. The first-order valence-electron chi connectivity index (χ1n) is 14.8. The van der Waals surface area contributed by atoms with Gasteiger partial charge >= 0.3 is 11.9 Å². The molecule has 3 saturated heterocycles. The van der Waals surface area contributed by atoms with Crippen LogP contribution in [0.2, 0.25) is 0 Å². The van der Waals surface area contributed by atoms with Crippen molar-refractivity contribution in [3.05, 3.63) is 58.7 Å². The number of aromatic carboxylic acids is 2. The third kappa shape index (κ3) is 4.70. The number of nitrogens with zero attached hydrogens (tertiary/aromatic N) is 2. The van der Waals surface area contributed by atoms with Gasteiger partial charge in [-0.15, -0.1) is 12.8 Å². The Labute approximate surface area is 272 Å². The van der Waals surface area contributed by atoms with Crippen LogP contribution >= 0.6 is 23.5 Å². The number of imide groups is 2. The Hall–Kier alpha value is -4.52. The summed E-state index contributed by atoms with van der Waals surface area (Å²) in [6.07, 6.45) is 12.9. The first-order valence-corrected chi connectivity index (χ1v) is 16.6. The maximum Gasteiger partial charge on any atom is 0.335 e. The predicted molar refractivity (Wildman–Crippen MR) is 170 cm³/mol. The summed E-state index contributed by atoms with van der Waals surface area (Å²) in [7, 11) is 0. The highest BCUT2D eigenvalue weighted by Gasteiger charge is 2.59. The second kappa shape index (κ2) is 11.1. The molecule has 2 aromatic rings. The minimum Gasteiger partial charge on any atom is -0.478 e. The fraction of sp³-hybridized carbons (Fsp3) is 0.353. The van der Waals surface area contributed by atoms with E-state index < -0.39 is 35.6 Å². The van der Waals surface area contributed by atoms with Gasteiger partial charge in [0.2, 0.25) is 23.6 Å². The molecule has 7 rings (SSSR count). The molecule has 4 amide bonds. The lowest BCUT2D eigenvalue weighted by atomic mass is 9.79. The van der Waals surface area contributed by atoms with Crippen molar-refractivity contribution in [2.45, 2.75) is 46.7 Å². The Morgan fingerprint density at radius 3 is 1.15 bits per heavy atom. The van der Waals surface area contributed by atoms with Crippen LogP contribution in [0.15, 0.2) is 36.4 Å². The lowest BCUT2D eigenvalue weighted by molar-refractivity contribution is -0.124. The molecular formula is C34H26N2O8S2. The highest BCUT2D eigenvalue weighted by molar-refractivity contribution is 8.08. The number of hydrogen-bond acceptors (Lipinski definition) is 8. The number of amides is 4. The van der Waals surface area contributed by atoms with Crippen molar-refractivity contribution in [3.8, 4) is 24.7 Å². The van der Waals surface area contributed by atoms with Crippen molar-refractivity contribution >= 4 is 70.5 Å². The smallest absolute Gasteiger partial charge is 0.335 e. The third-order valence-corrected chi connectivity index (χ3v) is 13.6. The molecule has 5 aliphatic rings. The van der Waals surface area contributed by atoms with Gasteiger partial charge < -0.3 is 10.2 Å². The second-order valence-corrected chi connectivity index (χ2v) is 15.2. The molecule has 8 unspecified atom stereocenters. The van der Waals surface area contributed by atoms with Crippen LogP contribution in [0.1, 0.15) is 57.5 Å². The maximum absolute atomic E-state index is 13.7. The van der Waals surface area contributed by atoms with Gasteiger partial charge in [0.05, 0.1) is 46.2 Å². The maximum atomic E-state index is 13.7. The van der Waals surface area contributed by atoms with Gasteiger partial charge in [0.25, 0.3) is 0 Å². The number of thioether (sulfide) groups is 2. The largest absolute Gasteiger partial charge is 0.478 e. The van der Waals surface area contributed by atoms with Gasteiger partial charge in [-0.1, -0.05) is 11.8 Å². The molecule has 46 heavy (non-hydrogen) atoms. The van der Waals surface area contributed by atoms with Crippen molar-refractivity contribution in [2.24, 2.45) is 23.7 Å². The topological polar surface area (TPSA) is 149 Å². The first-order chi connectivity index (χ1) is 22.0. The van der Waals surface area contributed by atoms with Gasteiger partial charge in [-0.3, -0.25) is 19.2 Å². The Morgan fingerprint density at radius 1 is 0.587 bits per heavy atom. The monoisotopic (exact) mass is 654 g/mol. The van der Waals surface area contributed by atoms with Gasteiger partial charge in [0.15, 0.2) is 0 Å². The van der Waals surface area contributed by atoms with E-state index in [1.807, 2.05) is 0 Å². The number of benzene rings is 2. The summed E-state index contributed by atoms with van der Waals surface area (Å²) in [5.41, 5.74) is 0.619. The molecule has 2 aliphatic carbocycles. The summed E-state index contributed by atoms with van der Waals surface area (Å²) in [5.74, 6) is -1.29. The lowest BCUT2D eigenvalue weighted by Crippen LogP contribution is -2.47. The fourth-order valence-electron chi connectivity index (χ4n) is 7.66. The molecule has 2 saturated carbocycles. The molecule has 0 aromatic heterocycles.